The maximum atomic E-state index is 12.7. The highest BCUT2D eigenvalue weighted by Crippen LogP contribution is 2.31. The minimum Gasteiger partial charge on any atom is -0.490 e. The molecule has 158 valence electrons. The molecule has 1 N–H and O–H groups in total. The second-order valence-electron chi connectivity index (χ2n) is 6.92. The third-order valence-electron chi connectivity index (χ3n) is 4.78. The molecule has 1 aliphatic heterocycles. The van der Waals surface area contributed by atoms with Crippen molar-refractivity contribution in [2.75, 3.05) is 24.7 Å². The zero-order valence-electron chi connectivity index (χ0n) is 17.0. The van der Waals surface area contributed by atoms with Gasteiger partial charge in [0.2, 0.25) is 11.8 Å². The number of benzene rings is 2. The standard InChI is InChI=1S/C23H26N2O5/c1-2-29-23(28)18(16-17-8-4-3-5-9-17)24-21(26)12-13-22(27)25-14-15-30-20-11-7-6-10-19(20)25/h3-11,18H,2,12-16H2,1H3,(H,24,26). The van der Waals surface area contributed by atoms with E-state index in [9.17, 15) is 14.4 Å². The first-order chi connectivity index (χ1) is 14.6. The number of anilines is 1. The van der Waals surface area contributed by atoms with E-state index < -0.39 is 12.0 Å². The van der Waals surface area contributed by atoms with Crippen molar-refractivity contribution in [2.45, 2.75) is 32.2 Å². The molecule has 0 saturated carbocycles. The quantitative estimate of drug-likeness (QED) is 0.676. The number of para-hydroxylation sites is 2. The number of amides is 2. The molecule has 30 heavy (non-hydrogen) atoms. The average Bonchev–Trinajstić information content (AvgIpc) is 2.77. The molecule has 1 atom stereocenters. The molecule has 0 saturated heterocycles. The average molecular weight is 410 g/mol. The van der Waals surface area contributed by atoms with Crippen LogP contribution in [0.5, 0.6) is 5.75 Å². The second kappa shape index (κ2) is 10.4. The fourth-order valence-electron chi connectivity index (χ4n) is 3.34. The van der Waals surface area contributed by atoms with E-state index in [0.29, 0.717) is 31.0 Å². The number of rotatable bonds is 8. The van der Waals surface area contributed by atoms with Gasteiger partial charge in [-0.3, -0.25) is 9.59 Å². The molecule has 0 radical (unpaired) electrons. The van der Waals surface area contributed by atoms with Gasteiger partial charge in [0, 0.05) is 19.3 Å². The highest BCUT2D eigenvalue weighted by molar-refractivity contribution is 5.97. The van der Waals surface area contributed by atoms with Crippen LogP contribution in [-0.2, 0) is 25.5 Å². The molecular formula is C23H26N2O5. The Morgan fingerprint density at radius 2 is 1.80 bits per heavy atom. The number of esters is 1. The van der Waals surface area contributed by atoms with Crippen LogP contribution in [0.4, 0.5) is 5.69 Å². The highest BCUT2D eigenvalue weighted by Gasteiger charge is 2.25. The first-order valence-corrected chi connectivity index (χ1v) is 10.1. The van der Waals surface area contributed by atoms with Gasteiger partial charge in [0.1, 0.15) is 18.4 Å². The van der Waals surface area contributed by atoms with Gasteiger partial charge in [-0.25, -0.2) is 4.79 Å². The summed E-state index contributed by atoms with van der Waals surface area (Å²) in [7, 11) is 0. The third-order valence-corrected chi connectivity index (χ3v) is 4.78. The summed E-state index contributed by atoms with van der Waals surface area (Å²) >= 11 is 0. The Balaban J connectivity index is 1.57. The van der Waals surface area contributed by atoms with Gasteiger partial charge in [0.05, 0.1) is 18.8 Å². The van der Waals surface area contributed by atoms with Crippen LogP contribution in [0.1, 0.15) is 25.3 Å². The smallest absolute Gasteiger partial charge is 0.328 e. The summed E-state index contributed by atoms with van der Waals surface area (Å²) in [6.07, 6.45) is 0.361. The molecule has 7 heteroatoms. The van der Waals surface area contributed by atoms with Gasteiger partial charge in [-0.15, -0.1) is 0 Å². The number of carbonyl (C=O) groups is 3. The largest absolute Gasteiger partial charge is 0.490 e. The minimum atomic E-state index is -0.793. The molecule has 1 unspecified atom stereocenters. The Morgan fingerprint density at radius 3 is 2.57 bits per heavy atom. The van der Waals surface area contributed by atoms with Crippen molar-refractivity contribution in [3.63, 3.8) is 0 Å². The van der Waals surface area contributed by atoms with Gasteiger partial charge in [0.15, 0.2) is 0 Å². The molecule has 0 aromatic heterocycles. The Labute approximate surface area is 176 Å². The summed E-state index contributed by atoms with van der Waals surface area (Å²) in [5.41, 5.74) is 1.62. The molecule has 1 aliphatic rings. The van der Waals surface area contributed by atoms with Crippen molar-refractivity contribution in [1.29, 1.82) is 0 Å². The molecule has 2 amide bonds. The monoisotopic (exact) mass is 410 g/mol. The van der Waals surface area contributed by atoms with Gasteiger partial charge < -0.3 is 19.7 Å². The highest BCUT2D eigenvalue weighted by atomic mass is 16.5. The predicted molar refractivity (Wildman–Crippen MR) is 112 cm³/mol. The molecule has 7 nitrogen and oxygen atoms in total. The maximum Gasteiger partial charge on any atom is 0.328 e. The van der Waals surface area contributed by atoms with Crippen LogP contribution in [0.2, 0.25) is 0 Å². The minimum absolute atomic E-state index is 0.0109. The van der Waals surface area contributed by atoms with Crippen molar-refractivity contribution in [2.24, 2.45) is 0 Å². The van der Waals surface area contributed by atoms with Crippen molar-refractivity contribution >= 4 is 23.5 Å². The summed E-state index contributed by atoms with van der Waals surface area (Å²) in [5.74, 6) is -0.342. The van der Waals surface area contributed by atoms with E-state index in [1.165, 1.54) is 0 Å². The molecule has 0 aliphatic carbocycles. The third kappa shape index (κ3) is 5.59. The van der Waals surface area contributed by atoms with E-state index in [0.717, 1.165) is 5.56 Å². The number of hydrogen-bond donors (Lipinski definition) is 1. The van der Waals surface area contributed by atoms with E-state index in [1.807, 2.05) is 54.6 Å². The number of carbonyl (C=O) groups excluding carboxylic acids is 3. The first-order valence-electron chi connectivity index (χ1n) is 10.1. The van der Waals surface area contributed by atoms with Crippen LogP contribution >= 0.6 is 0 Å². The van der Waals surface area contributed by atoms with E-state index in [-0.39, 0.29) is 31.3 Å². The first kappa shape index (κ1) is 21.4. The lowest BCUT2D eigenvalue weighted by molar-refractivity contribution is -0.147. The van der Waals surface area contributed by atoms with Crippen LogP contribution in [0.15, 0.2) is 54.6 Å². The number of fused-ring (bicyclic) bond motifs is 1. The van der Waals surface area contributed by atoms with Crippen LogP contribution in [0, 0.1) is 0 Å². The zero-order chi connectivity index (χ0) is 21.3. The van der Waals surface area contributed by atoms with Gasteiger partial charge in [-0.05, 0) is 24.6 Å². The summed E-state index contributed by atoms with van der Waals surface area (Å²) in [6.45, 7) is 2.81. The lowest BCUT2D eigenvalue weighted by atomic mass is 10.1. The molecule has 0 bridgehead atoms. The lowest BCUT2D eigenvalue weighted by Gasteiger charge is -2.29. The summed E-state index contributed by atoms with van der Waals surface area (Å²) < 4.78 is 10.7. The van der Waals surface area contributed by atoms with Gasteiger partial charge >= 0.3 is 5.97 Å². The van der Waals surface area contributed by atoms with Crippen LogP contribution in [-0.4, -0.2) is 43.6 Å². The second-order valence-corrected chi connectivity index (χ2v) is 6.92. The number of nitrogens with zero attached hydrogens (tertiary/aromatic N) is 1. The summed E-state index contributed by atoms with van der Waals surface area (Å²) in [6, 6.07) is 15.9. The molecular weight excluding hydrogens is 384 g/mol. The zero-order valence-corrected chi connectivity index (χ0v) is 17.0. The Morgan fingerprint density at radius 1 is 1.07 bits per heavy atom. The normalized spacial score (nSPS) is 13.6. The summed E-state index contributed by atoms with van der Waals surface area (Å²) in [5, 5.41) is 2.72. The van der Waals surface area contributed by atoms with Crippen LogP contribution in [0.25, 0.3) is 0 Å². The van der Waals surface area contributed by atoms with Crippen molar-refractivity contribution < 1.29 is 23.9 Å². The van der Waals surface area contributed by atoms with Crippen molar-refractivity contribution in [3.8, 4) is 5.75 Å². The lowest BCUT2D eigenvalue weighted by Crippen LogP contribution is -2.44. The van der Waals surface area contributed by atoms with E-state index in [1.54, 1.807) is 11.8 Å². The Bertz CT molecular complexity index is 884. The Hall–Kier alpha value is -3.35. The molecule has 0 spiro atoms. The molecule has 2 aromatic carbocycles. The fraction of sp³-hybridized carbons (Fsp3) is 0.348. The van der Waals surface area contributed by atoms with E-state index in [2.05, 4.69) is 5.32 Å². The molecule has 1 heterocycles. The van der Waals surface area contributed by atoms with E-state index in [4.69, 9.17) is 9.47 Å². The van der Waals surface area contributed by atoms with Crippen molar-refractivity contribution in [3.05, 3.63) is 60.2 Å². The number of nitrogens with one attached hydrogen (secondary N) is 1. The number of hydrogen-bond acceptors (Lipinski definition) is 5. The topological polar surface area (TPSA) is 84.9 Å². The maximum absolute atomic E-state index is 12.7. The fourth-order valence-corrected chi connectivity index (χ4v) is 3.34. The van der Waals surface area contributed by atoms with Crippen LogP contribution < -0.4 is 15.0 Å². The molecule has 0 fully saturated rings. The van der Waals surface area contributed by atoms with Gasteiger partial charge in [-0.2, -0.15) is 0 Å². The number of ether oxygens (including phenoxy) is 2. The SMILES string of the molecule is CCOC(=O)C(Cc1ccccc1)NC(=O)CCC(=O)N1CCOc2ccccc21. The van der Waals surface area contributed by atoms with Crippen molar-refractivity contribution in [1.82, 2.24) is 5.32 Å². The van der Waals surface area contributed by atoms with E-state index >= 15 is 0 Å². The van der Waals surface area contributed by atoms with Crippen LogP contribution in [0.3, 0.4) is 0 Å². The predicted octanol–water partition coefficient (Wildman–Crippen LogP) is 2.48. The molecule has 3 rings (SSSR count). The Kier molecular flexibility index (Phi) is 7.43. The molecule has 2 aromatic rings. The van der Waals surface area contributed by atoms with Gasteiger partial charge in [0.25, 0.3) is 0 Å². The summed E-state index contributed by atoms with van der Waals surface area (Å²) in [4.78, 5) is 39.1. The van der Waals surface area contributed by atoms with Gasteiger partial charge in [-0.1, -0.05) is 42.5 Å².